The molecule has 1 unspecified atom stereocenters. The third kappa shape index (κ3) is 5.19. The van der Waals surface area contributed by atoms with Gasteiger partial charge in [0.15, 0.2) is 0 Å². The summed E-state index contributed by atoms with van der Waals surface area (Å²) in [5.41, 5.74) is -4.39. The summed E-state index contributed by atoms with van der Waals surface area (Å²) < 4.78 is 37.1. The first kappa shape index (κ1) is 19.7. The van der Waals surface area contributed by atoms with Crippen molar-refractivity contribution in [3.8, 4) is 0 Å². The zero-order valence-corrected chi connectivity index (χ0v) is 15.2. The fourth-order valence-corrected chi connectivity index (χ4v) is 3.19. The van der Waals surface area contributed by atoms with E-state index in [-0.39, 0.29) is 16.7 Å². The second-order valence-electron chi connectivity index (χ2n) is 6.93. The van der Waals surface area contributed by atoms with Gasteiger partial charge in [-0.2, -0.15) is 13.2 Å². The average Bonchev–Trinajstić information content (AvgIpc) is 2.52. The Kier molecular flexibility index (Phi) is 5.79. The molecule has 0 aliphatic heterocycles. The number of thioether (sulfide) groups is 1. The van der Waals surface area contributed by atoms with Gasteiger partial charge in [-0.25, -0.2) is 9.97 Å². The van der Waals surface area contributed by atoms with Crippen LogP contribution in [0.3, 0.4) is 0 Å². The third-order valence-corrected chi connectivity index (χ3v) is 4.95. The molecule has 0 aliphatic rings. The first-order chi connectivity index (χ1) is 11.5. The summed E-state index contributed by atoms with van der Waals surface area (Å²) in [4.78, 5) is 8.12. The Morgan fingerprint density at radius 2 is 1.56 bits per heavy atom. The van der Waals surface area contributed by atoms with Crippen molar-refractivity contribution in [1.29, 1.82) is 0 Å². The van der Waals surface area contributed by atoms with Crippen molar-refractivity contribution in [3.05, 3.63) is 54.1 Å². The molecule has 0 saturated carbocycles. The van der Waals surface area contributed by atoms with E-state index in [4.69, 9.17) is 0 Å². The highest BCUT2D eigenvalue weighted by Gasteiger charge is 2.41. The second-order valence-corrected chi connectivity index (χ2v) is 8.07. The minimum absolute atomic E-state index is 0.132. The smallest absolute Gasteiger partial charge is 0.384 e. The van der Waals surface area contributed by atoms with Gasteiger partial charge in [-0.15, -0.1) is 0 Å². The second kappa shape index (κ2) is 7.33. The van der Waals surface area contributed by atoms with Gasteiger partial charge in [0.1, 0.15) is 6.33 Å². The number of hydrogen-bond acceptors (Lipinski definition) is 4. The van der Waals surface area contributed by atoms with Crippen LogP contribution in [-0.2, 0) is 12.0 Å². The zero-order valence-electron chi connectivity index (χ0n) is 14.3. The van der Waals surface area contributed by atoms with E-state index < -0.39 is 16.5 Å². The monoisotopic (exact) mass is 370 g/mol. The van der Waals surface area contributed by atoms with E-state index in [0.717, 1.165) is 5.56 Å². The van der Waals surface area contributed by atoms with Gasteiger partial charge in [-0.05, 0) is 47.7 Å². The molecule has 0 bridgehead atoms. The maximum absolute atomic E-state index is 12.4. The fourth-order valence-electron chi connectivity index (χ4n) is 2.65. The number of aryl methyl sites for hydroxylation is 1. The number of nitrogens with zero attached hydrogens (tertiary/aromatic N) is 2. The molecule has 136 valence electrons. The summed E-state index contributed by atoms with van der Waals surface area (Å²) in [6, 6.07) is 6.24. The van der Waals surface area contributed by atoms with Crippen LogP contribution < -0.4 is 0 Å². The SMILES string of the molecule is CC(C)(C)C(O)(CCc1ccc(SC(F)(F)F)cc1)c1cncnc1. The van der Waals surface area contributed by atoms with Crippen LogP contribution in [0, 0.1) is 5.41 Å². The van der Waals surface area contributed by atoms with Crippen LogP contribution in [0.25, 0.3) is 0 Å². The first-order valence-electron chi connectivity index (χ1n) is 7.84. The normalized spacial score (nSPS) is 15.0. The molecule has 0 amide bonds. The van der Waals surface area contributed by atoms with Gasteiger partial charge in [0.25, 0.3) is 0 Å². The Morgan fingerprint density at radius 3 is 2.04 bits per heavy atom. The largest absolute Gasteiger partial charge is 0.446 e. The summed E-state index contributed by atoms with van der Waals surface area (Å²) in [6.45, 7) is 5.80. The zero-order chi connectivity index (χ0) is 18.7. The molecule has 0 fully saturated rings. The summed E-state index contributed by atoms with van der Waals surface area (Å²) in [7, 11) is 0. The van der Waals surface area contributed by atoms with Crippen LogP contribution in [0.15, 0.2) is 47.9 Å². The highest BCUT2D eigenvalue weighted by Crippen LogP contribution is 2.42. The molecule has 7 heteroatoms. The van der Waals surface area contributed by atoms with Gasteiger partial charge >= 0.3 is 5.51 Å². The van der Waals surface area contributed by atoms with E-state index in [1.165, 1.54) is 18.5 Å². The molecule has 0 spiro atoms. The number of alkyl halides is 3. The lowest BCUT2D eigenvalue weighted by Crippen LogP contribution is -2.40. The van der Waals surface area contributed by atoms with E-state index in [0.29, 0.717) is 18.4 Å². The number of aromatic nitrogens is 2. The van der Waals surface area contributed by atoms with Crippen molar-refractivity contribution >= 4 is 11.8 Å². The molecule has 3 nitrogen and oxygen atoms in total. The molecule has 0 aliphatic carbocycles. The molecule has 2 rings (SSSR count). The predicted octanol–water partition coefficient (Wildman–Crippen LogP) is 4.96. The molecule has 25 heavy (non-hydrogen) atoms. The van der Waals surface area contributed by atoms with Crippen molar-refractivity contribution in [3.63, 3.8) is 0 Å². The molecular formula is C18H21F3N2OS. The predicted molar refractivity (Wildman–Crippen MR) is 92.1 cm³/mol. The van der Waals surface area contributed by atoms with Crippen LogP contribution in [0.2, 0.25) is 0 Å². The van der Waals surface area contributed by atoms with E-state index in [2.05, 4.69) is 9.97 Å². The van der Waals surface area contributed by atoms with Crippen molar-refractivity contribution in [2.45, 2.75) is 49.6 Å². The summed E-state index contributed by atoms with van der Waals surface area (Å²) in [5.74, 6) is 0. The quantitative estimate of drug-likeness (QED) is 0.756. The maximum Gasteiger partial charge on any atom is 0.446 e. The molecule has 1 atom stereocenters. The van der Waals surface area contributed by atoms with Crippen molar-refractivity contribution in [1.82, 2.24) is 9.97 Å². The van der Waals surface area contributed by atoms with Crippen molar-refractivity contribution < 1.29 is 18.3 Å². The molecule has 0 radical (unpaired) electrons. The van der Waals surface area contributed by atoms with Crippen LogP contribution in [0.4, 0.5) is 13.2 Å². The summed E-state index contributed by atoms with van der Waals surface area (Å²) >= 11 is -0.132. The Hall–Kier alpha value is -1.60. The highest BCUT2D eigenvalue weighted by atomic mass is 32.2. The van der Waals surface area contributed by atoms with Gasteiger partial charge < -0.3 is 5.11 Å². The minimum Gasteiger partial charge on any atom is -0.384 e. The Bertz CT molecular complexity index is 684. The molecule has 1 aromatic carbocycles. The average molecular weight is 370 g/mol. The Balaban J connectivity index is 2.14. The van der Waals surface area contributed by atoms with Crippen LogP contribution in [-0.4, -0.2) is 20.6 Å². The van der Waals surface area contributed by atoms with Crippen LogP contribution in [0.5, 0.6) is 0 Å². The maximum atomic E-state index is 12.4. The van der Waals surface area contributed by atoms with Crippen LogP contribution >= 0.6 is 11.8 Å². The number of rotatable bonds is 5. The van der Waals surface area contributed by atoms with E-state index >= 15 is 0 Å². The molecule has 1 N–H and O–H groups in total. The lowest BCUT2D eigenvalue weighted by atomic mass is 9.70. The fraction of sp³-hybridized carbons (Fsp3) is 0.444. The van der Waals surface area contributed by atoms with E-state index in [9.17, 15) is 18.3 Å². The lowest BCUT2D eigenvalue weighted by Gasteiger charge is -2.40. The number of benzene rings is 1. The third-order valence-electron chi connectivity index (χ3n) is 4.21. The summed E-state index contributed by atoms with van der Waals surface area (Å²) in [6.07, 6.45) is 5.54. The van der Waals surface area contributed by atoms with Crippen LogP contribution in [0.1, 0.15) is 38.3 Å². The van der Waals surface area contributed by atoms with Gasteiger partial charge in [-0.1, -0.05) is 32.9 Å². The molecule has 1 heterocycles. The first-order valence-corrected chi connectivity index (χ1v) is 8.65. The standard InChI is InChI=1S/C18H21F3N2OS/c1-16(2,3)17(24,14-10-22-12-23-11-14)9-8-13-4-6-15(7-5-13)25-18(19,20)21/h4-7,10-12,24H,8-9H2,1-3H3. The van der Waals surface area contributed by atoms with Crippen molar-refractivity contribution in [2.75, 3.05) is 0 Å². The number of halogens is 3. The van der Waals surface area contributed by atoms with E-state index in [1.807, 2.05) is 20.8 Å². The highest BCUT2D eigenvalue weighted by molar-refractivity contribution is 8.00. The Morgan fingerprint density at radius 1 is 1.00 bits per heavy atom. The van der Waals surface area contributed by atoms with Gasteiger partial charge in [0, 0.05) is 22.9 Å². The van der Waals surface area contributed by atoms with Gasteiger partial charge in [0.05, 0.1) is 5.60 Å². The molecule has 0 saturated heterocycles. The van der Waals surface area contributed by atoms with Gasteiger partial charge in [0.2, 0.25) is 0 Å². The molecule has 1 aromatic heterocycles. The minimum atomic E-state index is -4.29. The van der Waals surface area contributed by atoms with Gasteiger partial charge in [-0.3, -0.25) is 0 Å². The van der Waals surface area contributed by atoms with Crippen molar-refractivity contribution in [2.24, 2.45) is 5.41 Å². The topological polar surface area (TPSA) is 46.0 Å². The number of hydrogen-bond donors (Lipinski definition) is 1. The number of aliphatic hydroxyl groups is 1. The molecule has 2 aromatic rings. The lowest BCUT2D eigenvalue weighted by molar-refractivity contribution is -0.0715. The Labute approximate surface area is 149 Å². The molecular weight excluding hydrogens is 349 g/mol. The summed E-state index contributed by atoms with van der Waals surface area (Å²) in [5, 5.41) is 11.3. The van der Waals surface area contributed by atoms with E-state index in [1.54, 1.807) is 24.5 Å².